The van der Waals surface area contributed by atoms with Gasteiger partial charge in [-0.25, -0.2) is 0 Å². The molecule has 0 radical (unpaired) electrons. The van der Waals surface area contributed by atoms with E-state index in [2.05, 4.69) is 46.7 Å². The summed E-state index contributed by atoms with van der Waals surface area (Å²) in [6.45, 7) is 2.00. The summed E-state index contributed by atoms with van der Waals surface area (Å²) in [5.74, 6) is 0.815. The zero-order valence-corrected chi connectivity index (χ0v) is 11.7. The van der Waals surface area contributed by atoms with Crippen LogP contribution in [0.1, 0.15) is 29.7 Å². The predicted molar refractivity (Wildman–Crippen MR) is 80.5 cm³/mol. The highest BCUT2D eigenvalue weighted by Crippen LogP contribution is 2.61. The van der Waals surface area contributed by atoms with E-state index in [9.17, 15) is 0 Å². The molecule has 1 saturated carbocycles. The van der Waals surface area contributed by atoms with E-state index >= 15 is 0 Å². The maximum Gasteiger partial charge on any atom is 0.0541 e. The van der Waals surface area contributed by atoms with Crippen LogP contribution in [0.2, 0.25) is 0 Å². The SMILES string of the molecule is c1ccc(CNC[C@H]2C[C@@]23CCc2ccccc23)nc1. The maximum absolute atomic E-state index is 4.36. The van der Waals surface area contributed by atoms with E-state index < -0.39 is 0 Å². The van der Waals surface area contributed by atoms with Crippen LogP contribution in [0.3, 0.4) is 0 Å². The lowest BCUT2D eigenvalue weighted by molar-refractivity contribution is 0.545. The Morgan fingerprint density at radius 1 is 1.15 bits per heavy atom. The van der Waals surface area contributed by atoms with Crippen LogP contribution < -0.4 is 5.32 Å². The van der Waals surface area contributed by atoms with Crippen molar-refractivity contribution in [2.45, 2.75) is 31.2 Å². The second-order valence-corrected chi connectivity index (χ2v) is 6.17. The van der Waals surface area contributed by atoms with Crippen molar-refractivity contribution < 1.29 is 0 Å². The van der Waals surface area contributed by atoms with Crippen molar-refractivity contribution in [1.82, 2.24) is 10.3 Å². The van der Waals surface area contributed by atoms with E-state index in [0.29, 0.717) is 5.41 Å². The van der Waals surface area contributed by atoms with Crippen molar-refractivity contribution in [3.63, 3.8) is 0 Å². The maximum atomic E-state index is 4.36. The summed E-state index contributed by atoms with van der Waals surface area (Å²) in [5, 5.41) is 3.58. The van der Waals surface area contributed by atoms with Crippen molar-refractivity contribution >= 4 is 0 Å². The van der Waals surface area contributed by atoms with E-state index in [1.165, 1.54) is 19.3 Å². The number of hydrogen-bond acceptors (Lipinski definition) is 2. The molecule has 2 nitrogen and oxygen atoms in total. The summed E-state index contributed by atoms with van der Waals surface area (Å²) in [5.41, 5.74) is 4.85. The third-order valence-corrected chi connectivity index (χ3v) is 5.05. The van der Waals surface area contributed by atoms with Gasteiger partial charge in [0.15, 0.2) is 0 Å². The standard InChI is InChI=1S/C18H20N2/c1-2-7-17-14(5-1)8-9-18(17)11-15(18)12-19-13-16-6-3-4-10-20-16/h1-7,10,15,19H,8-9,11-13H2/t15-,18+/m1/s1. The van der Waals surface area contributed by atoms with Crippen molar-refractivity contribution in [2.75, 3.05) is 6.54 Å². The number of fused-ring (bicyclic) bond motifs is 2. The number of aryl methyl sites for hydroxylation is 1. The Morgan fingerprint density at radius 3 is 2.95 bits per heavy atom. The molecule has 4 rings (SSSR count). The molecule has 2 atom stereocenters. The molecule has 0 amide bonds. The van der Waals surface area contributed by atoms with Crippen molar-refractivity contribution in [3.8, 4) is 0 Å². The van der Waals surface area contributed by atoms with Crippen LogP contribution in [0.25, 0.3) is 0 Å². The smallest absolute Gasteiger partial charge is 0.0541 e. The molecule has 102 valence electrons. The van der Waals surface area contributed by atoms with Gasteiger partial charge in [0.25, 0.3) is 0 Å². The molecule has 1 spiro atoms. The minimum absolute atomic E-state index is 0.508. The summed E-state index contributed by atoms with van der Waals surface area (Å²) >= 11 is 0. The van der Waals surface area contributed by atoms with Crippen molar-refractivity contribution in [1.29, 1.82) is 0 Å². The van der Waals surface area contributed by atoms with E-state index in [4.69, 9.17) is 0 Å². The second kappa shape index (κ2) is 4.71. The third kappa shape index (κ3) is 1.95. The summed E-state index contributed by atoms with van der Waals surface area (Å²) in [7, 11) is 0. The lowest BCUT2D eigenvalue weighted by Crippen LogP contribution is -2.20. The molecule has 1 aromatic carbocycles. The van der Waals surface area contributed by atoms with Crippen LogP contribution in [-0.4, -0.2) is 11.5 Å². The monoisotopic (exact) mass is 264 g/mol. The molecule has 0 unspecified atom stereocenters. The summed E-state index contributed by atoms with van der Waals surface area (Å²) in [6, 6.07) is 15.1. The highest BCUT2D eigenvalue weighted by molar-refractivity contribution is 5.45. The Balaban J connectivity index is 1.37. The van der Waals surface area contributed by atoms with Gasteiger partial charge in [-0.15, -0.1) is 0 Å². The van der Waals surface area contributed by atoms with Gasteiger partial charge >= 0.3 is 0 Å². The fourth-order valence-electron chi connectivity index (χ4n) is 3.88. The van der Waals surface area contributed by atoms with Gasteiger partial charge in [0, 0.05) is 18.2 Å². The highest BCUT2D eigenvalue weighted by Gasteiger charge is 2.57. The molecule has 1 heterocycles. The lowest BCUT2D eigenvalue weighted by Gasteiger charge is -2.12. The van der Waals surface area contributed by atoms with Gasteiger partial charge in [0.2, 0.25) is 0 Å². The largest absolute Gasteiger partial charge is 0.311 e. The molecule has 2 aromatic rings. The lowest BCUT2D eigenvalue weighted by atomic mass is 9.95. The molecule has 0 saturated heterocycles. The molecule has 20 heavy (non-hydrogen) atoms. The number of nitrogens with one attached hydrogen (secondary N) is 1. The zero-order valence-electron chi connectivity index (χ0n) is 11.7. The third-order valence-electron chi connectivity index (χ3n) is 5.05. The van der Waals surface area contributed by atoms with Crippen molar-refractivity contribution in [2.24, 2.45) is 5.92 Å². The number of benzene rings is 1. The number of rotatable bonds is 4. The Labute approximate surface area is 120 Å². The number of hydrogen-bond donors (Lipinski definition) is 1. The fraction of sp³-hybridized carbons (Fsp3) is 0.389. The van der Waals surface area contributed by atoms with E-state index in [1.54, 1.807) is 11.1 Å². The van der Waals surface area contributed by atoms with Crippen LogP contribution in [0.5, 0.6) is 0 Å². The van der Waals surface area contributed by atoms with Gasteiger partial charge in [-0.2, -0.15) is 0 Å². The molecule has 2 aliphatic rings. The Hall–Kier alpha value is -1.67. The van der Waals surface area contributed by atoms with Gasteiger partial charge in [-0.1, -0.05) is 30.3 Å². The quantitative estimate of drug-likeness (QED) is 0.918. The first-order chi connectivity index (χ1) is 9.88. The predicted octanol–water partition coefficient (Wildman–Crippen LogP) is 3.08. The van der Waals surface area contributed by atoms with Gasteiger partial charge in [0.1, 0.15) is 0 Å². The van der Waals surface area contributed by atoms with Gasteiger partial charge in [-0.05, 0) is 55.0 Å². The zero-order chi connectivity index (χ0) is 13.4. The highest BCUT2D eigenvalue weighted by atomic mass is 14.9. The minimum atomic E-state index is 0.508. The molecule has 1 fully saturated rings. The van der Waals surface area contributed by atoms with Crippen LogP contribution in [0.15, 0.2) is 48.7 Å². The van der Waals surface area contributed by atoms with E-state index in [0.717, 1.165) is 24.7 Å². The number of aromatic nitrogens is 1. The average Bonchev–Trinajstić information content (AvgIpc) is 3.08. The molecule has 1 aromatic heterocycles. The topological polar surface area (TPSA) is 24.9 Å². The van der Waals surface area contributed by atoms with Gasteiger partial charge in [-0.3, -0.25) is 4.98 Å². The summed E-state index contributed by atoms with van der Waals surface area (Å²) in [6.07, 6.45) is 5.84. The van der Waals surface area contributed by atoms with Crippen LogP contribution in [0.4, 0.5) is 0 Å². The fourth-order valence-corrected chi connectivity index (χ4v) is 3.88. The first kappa shape index (κ1) is 12.1. The van der Waals surface area contributed by atoms with Crippen LogP contribution in [0, 0.1) is 5.92 Å². The molecule has 0 bridgehead atoms. The Bertz CT molecular complexity index is 608. The van der Waals surface area contributed by atoms with Crippen molar-refractivity contribution in [3.05, 3.63) is 65.5 Å². The second-order valence-electron chi connectivity index (χ2n) is 6.17. The van der Waals surface area contributed by atoms with E-state index in [1.807, 2.05) is 12.3 Å². The molecular formula is C18H20N2. The normalized spacial score (nSPS) is 26.7. The van der Waals surface area contributed by atoms with Crippen LogP contribution >= 0.6 is 0 Å². The molecule has 0 aliphatic heterocycles. The van der Waals surface area contributed by atoms with Gasteiger partial charge < -0.3 is 5.32 Å². The van der Waals surface area contributed by atoms with Gasteiger partial charge in [0.05, 0.1) is 5.69 Å². The Morgan fingerprint density at radius 2 is 2.05 bits per heavy atom. The summed E-state index contributed by atoms with van der Waals surface area (Å²) < 4.78 is 0. The molecule has 1 N–H and O–H groups in total. The summed E-state index contributed by atoms with van der Waals surface area (Å²) in [4.78, 5) is 4.36. The first-order valence-corrected chi connectivity index (χ1v) is 7.57. The number of nitrogens with zero attached hydrogens (tertiary/aromatic N) is 1. The first-order valence-electron chi connectivity index (χ1n) is 7.57. The molecular weight excluding hydrogens is 244 g/mol. The van der Waals surface area contributed by atoms with E-state index in [-0.39, 0.29) is 0 Å². The number of pyridine rings is 1. The Kier molecular flexibility index (Phi) is 2.85. The minimum Gasteiger partial charge on any atom is -0.311 e. The van der Waals surface area contributed by atoms with Crippen LogP contribution in [-0.2, 0) is 18.4 Å². The average molecular weight is 264 g/mol. The molecule has 2 aliphatic carbocycles. The molecule has 2 heteroatoms.